The van der Waals surface area contributed by atoms with Gasteiger partial charge < -0.3 is 18.6 Å². The Hall–Kier alpha value is -2.12. The molecule has 0 aromatic heterocycles. The monoisotopic (exact) mass is 432 g/mol. The highest BCUT2D eigenvalue weighted by Gasteiger charge is 2.53. The van der Waals surface area contributed by atoms with Gasteiger partial charge in [-0.2, -0.15) is 0 Å². The van der Waals surface area contributed by atoms with Crippen molar-refractivity contribution in [3.8, 4) is 11.5 Å². The first-order chi connectivity index (χ1) is 13.9. The van der Waals surface area contributed by atoms with Crippen molar-refractivity contribution >= 4 is 20.1 Å². The van der Waals surface area contributed by atoms with E-state index in [1.807, 2.05) is 18.2 Å². The largest absolute Gasteiger partial charge is 0.541 e. The van der Waals surface area contributed by atoms with Crippen LogP contribution in [0.15, 0.2) is 30.4 Å². The maximum absolute atomic E-state index is 12.2. The van der Waals surface area contributed by atoms with Crippen LogP contribution in [0.5, 0.6) is 11.5 Å². The quantitative estimate of drug-likeness (QED) is 0.490. The van der Waals surface area contributed by atoms with E-state index in [0.29, 0.717) is 12.2 Å². The second-order valence-corrected chi connectivity index (χ2v) is 14.4. The van der Waals surface area contributed by atoms with Crippen molar-refractivity contribution in [2.45, 2.75) is 69.9 Å². The second-order valence-electron chi connectivity index (χ2n) is 9.64. The van der Waals surface area contributed by atoms with E-state index < -0.39 is 20.0 Å². The van der Waals surface area contributed by atoms with Crippen molar-refractivity contribution in [3.05, 3.63) is 35.9 Å². The van der Waals surface area contributed by atoms with Crippen molar-refractivity contribution in [1.29, 1.82) is 0 Å². The van der Waals surface area contributed by atoms with Gasteiger partial charge in [-0.25, -0.2) is 0 Å². The zero-order valence-corrected chi connectivity index (χ0v) is 19.9. The van der Waals surface area contributed by atoms with E-state index in [1.165, 1.54) is 6.92 Å². The first kappa shape index (κ1) is 22.6. The molecule has 2 bridgehead atoms. The first-order valence-corrected chi connectivity index (χ1v) is 13.2. The van der Waals surface area contributed by atoms with Crippen LogP contribution in [0.4, 0.5) is 0 Å². The van der Waals surface area contributed by atoms with Gasteiger partial charge in [-0.05, 0) is 54.4 Å². The van der Waals surface area contributed by atoms with Crippen LogP contribution < -0.4 is 9.16 Å². The maximum atomic E-state index is 12.2. The number of carbonyl (C=O) groups excluding carboxylic acids is 2. The van der Waals surface area contributed by atoms with Crippen LogP contribution in [0.3, 0.4) is 0 Å². The number of esters is 1. The summed E-state index contributed by atoms with van der Waals surface area (Å²) in [6.45, 7) is 12.4. The van der Waals surface area contributed by atoms with Crippen LogP contribution in [-0.2, 0) is 19.1 Å². The predicted octanol–water partition coefficient (Wildman–Crippen LogP) is 4.39. The highest BCUT2D eigenvalue weighted by atomic mass is 28.4. The van der Waals surface area contributed by atoms with Crippen molar-refractivity contribution in [2.24, 2.45) is 0 Å². The summed E-state index contributed by atoms with van der Waals surface area (Å²) in [6.07, 6.45) is 3.28. The molecule has 164 valence electrons. The number of hydrogen-bond acceptors (Lipinski definition) is 6. The lowest BCUT2D eigenvalue weighted by Gasteiger charge is -2.37. The minimum absolute atomic E-state index is 0.0548. The Labute approximate surface area is 179 Å². The molecule has 0 N–H and O–H groups in total. The normalized spacial score (nSPS) is 25.9. The second kappa shape index (κ2) is 7.85. The predicted molar refractivity (Wildman–Crippen MR) is 117 cm³/mol. The molecule has 6 nitrogen and oxygen atoms in total. The summed E-state index contributed by atoms with van der Waals surface area (Å²) < 4.78 is 23.5. The van der Waals surface area contributed by atoms with Gasteiger partial charge in [0.2, 0.25) is 0 Å². The lowest BCUT2D eigenvalue weighted by atomic mass is 9.82. The molecule has 0 aliphatic carbocycles. The van der Waals surface area contributed by atoms with Crippen LogP contribution in [0.25, 0.3) is 0 Å². The highest BCUT2D eigenvalue weighted by Crippen LogP contribution is 2.49. The summed E-state index contributed by atoms with van der Waals surface area (Å²) in [4.78, 5) is 23.6. The van der Waals surface area contributed by atoms with Crippen LogP contribution >= 0.6 is 0 Å². The molecule has 2 heterocycles. The molecular formula is C23H32O6Si. The van der Waals surface area contributed by atoms with Gasteiger partial charge >= 0.3 is 5.97 Å². The summed E-state index contributed by atoms with van der Waals surface area (Å²) in [5.74, 6) is 0.796. The lowest BCUT2D eigenvalue weighted by Crippen LogP contribution is -2.44. The highest BCUT2D eigenvalue weighted by molar-refractivity contribution is 6.74. The Morgan fingerprint density at radius 3 is 2.57 bits per heavy atom. The smallest absolute Gasteiger partial charge is 0.302 e. The van der Waals surface area contributed by atoms with Crippen molar-refractivity contribution in [1.82, 2.24) is 0 Å². The molecular weight excluding hydrogens is 400 g/mol. The van der Waals surface area contributed by atoms with Crippen molar-refractivity contribution < 1.29 is 28.2 Å². The standard InChI is InChI=1S/C23H32O6Si/c1-15(24)27-14-23-11-10-18(25)20(28-23)13-17(23)16-8-9-19(21(12-16)26-5)29-30(6,7)22(2,3)4/h8-12,17,20H,13-14H2,1-7H3/t17-,20+,23-/m0/s1. The fourth-order valence-corrected chi connectivity index (χ4v) is 4.72. The maximum Gasteiger partial charge on any atom is 0.302 e. The molecule has 30 heavy (non-hydrogen) atoms. The molecule has 0 saturated carbocycles. The van der Waals surface area contributed by atoms with E-state index in [1.54, 1.807) is 19.3 Å². The Morgan fingerprint density at radius 1 is 1.27 bits per heavy atom. The van der Waals surface area contributed by atoms with Gasteiger partial charge in [0.15, 0.2) is 11.5 Å². The number of ether oxygens (including phenoxy) is 3. The number of fused-ring (bicyclic) bond motifs is 2. The molecule has 2 aliphatic heterocycles. The fourth-order valence-electron chi connectivity index (χ4n) is 3.70. The number of rotatable bonds is 6. The van der Waals surface area contributed by atoms with Gasteiger partial charge in [0.1, 0.15) is 24.1 Å². The number of benzene rings is 1. The van der Waals surface area contributed by atoms with Crippen molar-refractivity contribution in [3.63, 3.8) is 0 Å². The summed E-state index contributed by atoms with van der Waals surface area (Å²) in [5, 5.41) is 0.0618. The lowest BCUT2D eigenvalue weighted by molar-refractivity contribution is -0.151. The van der Waals surface area contributed by atoms with Gasteiger partial charge in [0.05, 0.1) is 7.11 Å². The molecule has 0 radical (unpaired) electrons. The van der Waals surface area contributed by atoms with E-state index in [-0.39, 0.29) is 29.3 Å². The zero-order chi connectivity index (χ0) is 22.3. The van der Waals surface area contributed by atoms with Crippen LogP contribution in [0.2, 0.25) is 18.1 Å². The molecule has 0 spiro atoms. The number of methoxy groups -OCH3 is 1. The minimum atomic E-state index is -2.03. The summed E-state index contributed by atoms with van der Waals surface area (Å²) in [6, 6.07) is 5.88. The molecule has 0 unspecified atom stereocenters. The third-order valence-corrected chi connectivity index (χ3v) is 10.9. The van der Waals surface area contributed by atoms with Crippen molar-refractivity contribution in [2.75, 3.05) is 13.7 Å². The Morgan fingerprint density at radius 2 is 1.97 bits per heavy atom. The van der Waals surface area contributed by atoms with Gasteiger partial charge in [-0.1, -0.05) is 26.8 Å². The average Bonchev–Trinajstić information content (AvgIpc) is 2.98. The topological polar surface area (TPSA) is 71.1 Å². The van der Waals surface area contributed by atoms with E-state index in [4.69, 9.17) is 18.6 Å². The molecule has 3 atom stereocenters. The van der Waals surface area contributed by atoms with Crippen LogP contribution in [0.1, 0.15) is 45.6 Å². The van der Waals surface area contributed by atoms with Gasteiger partial charge in [0, 0.05) is 12.8 Å². The SMILES string of the molecule is COc1cc([C@@H]2C[C@H]3O[C@]2(COC(C)=O)C=CC3=O)ccc1O[Si](C)(C)C(C)(C)C. The molecule has 1 aromatic rings. The molecule has 0 amide bonds. The Bertz CT molecular complexity index is 869. The van der Waals surface area contributed by atoms with E-state index in [2.05, 4.69) is 33.9 Å². The minimum Gasteiger partial charge on any atom is -0.541 e. The Balaban J connectivity index is 1.94. The molecule has 1 aromatic carbocycles. The first-order valence-electron chi connectivity index (χ1n) is 10.3. The fraction of sp³-hybridized carbons (Fsp3) is 0.565. The van der Waals surface area contributed by atoms with Gasteiger partial charge in [-0.15, -0.1) is 0 Å². The third-order valence-electron chi connectivity index (χ3n) is 6.51. The molecule has 2 aliphatic rings. The molecule has 3 rings (SSSR count). The average molecular weight is 433 g/mol. The van der Waals surface area contributed by atoms with E-state index in [9.17, 15) is 9.59 Å². The number of hydrogen-bond donors (Lipinski definition) is 0. The van der Waals surface area contributed by atoms with Crippen LogP contribution in [-0.4, -0.2) is 45.5 Å². The molecule has 1 saturated heterocycles. The van der Waals surface area contributed by atoms with E-state index in [0.717, 1.165) is 11.3 Å². The van der Waals surface area contributed by atoms with Gasteiger partial charge in [-0.3, -0.25) is 9.59 Å². The van der Waals surface area contributed by atoms with E-state index >= 15 is 0 Å². The summed E-state index contributed by atoms with van der Waals surface area (Å²) in [7, 11) is -0.407. The summed E-state index contributed by atoms with van der Waals surface area (Å²) >= 11 is 0. The van der Waals surface area contributed by atoms with Crippen LogP contribution in [0, 0.1) is 0 Å². The third kappa shape index (κ3) is 4.18. The number of carbonyl (C=O) groups is 2. The molecule has 1 fully saturated rings. The van der Waals surface area contributed by atoms with Gasteiger partial charge in [0.25, 0.3) is 8.32 Å². The Kier molecular flexibility index (Phi) is 5.90. The number of ketones is 1. The summed E-state index contributed by atoms with van der Waals surface area (Å²) in [5.41, 5.74) is 0.111. The zero-order valence-electron chi connectivity index (χ0n) is 18.9. The molecule has 7 heteroatoms.